The van der Waals surface area contributed by atoms with E-state index in [0.717, 1.165) is 24.8 Å². The minimum atomic E-state index is -0.283. The molecule has 0 heterocycles. The van der Waals surface area contributed by atoms with Crippen LogP contribution in [-0.4, -0.2) is 43.0 Å². The summed E-state index contributed by atoms with van der Waals surface area (Å²) in [7, 11) is 1.68. The van der Waals surface area contributed by atoms with Gasteiger partial charge in [0.15, 0.2) is 0 Å². The van der Waals surface area contributed by atoms with Gasteiger partial charge in [0.05, 0.1) is 24.8 Å². The smallest absolute Gasteiger partial charge is 0.315 e. The molecule has 0 spiro atoms. The van der Waals surface area contributed by atoms with E-state index in [1.807, 2.05) is 30.3 Å². The molecule has 3 atom stereocenters. The van der Waals surface area contributed by atoms with E-state index in [4.69, 9.17) is 4.74 Å². The van der Waals surface area contributed by atoms with Crippen LogP contribution in [-0.2, 0) is 11.2 Å². The third-order valence-electron chi connectivity index (χ3n) is 3.95. The zero-order valence-corrected chi connectivity index (χ0v) is 12.4. The first-order chi connectivity index (χ1) is 10.2. The van der Waals surface area contributed by atoms with Crippen LogP contribution < -0.4 is 10.6 Å². The number of hydrogen-bond donors (Lipinski definition) is 3. The van der Waals surface area contributed by atoms with Gasteiger partial charge >= 0.3 is 6.03 Å². The van der Waals surface area contributed by atoms with Gasteiger partial charge in [-0.05, 0) is 31.2 Å². The van der Waals surface area contributed by atoms with Crippen LogP contribution in [0.25, 0.3) is 0 Å². The normalized spacial score (nSPS) is 22.8. The molecule has 0 radical (unpaired) electrons. The molecule has 1 fully saturated rings. The van der Waals surface area contributed by atoms with Crippen molar-refractivity contribution < 1.29 is 14.6 Å². The fourth-order valence-electron chi connectivity index (χ4n) is 2.83. The van der Waals surface area contributed by atoms with Crippen molar-refractivity contribution in [3.05, 3.63) is 35.9 Å². The van der Waals surface area contributed by atoms with Crippen LogP contribution >= 0.6 is 0 Å². The molecule has 3 N–H and O–H groups in total. The zero-order valence-electron chi connectivity index (χ0n) is 12.4. The van der Waals surface area contributed by atoms with Gasteiger partial charge in [-0.2, -0.15) is 0 Å². The second-order valence-corrected chi connectivity index (χ2v) is 5.50. The Kier molecular flexibility index (Phi) is 6.02. The van der Waals surface area contributed by atoms with Gasteiger partial charge in [-0.15, -0.1) is 0 Å². The van der Waals surface area contributed by atoms with Gasteiger partial charge in [-0.25, -0.2) is 4.79 Å². The molecule has 1 aromatic rings. The highest BCUT2D eigenvalue weighted by molar-refractivity contribution is 5.74. The standard InChI is InChI=1S/C16H24N2O3/c1-21-15-9-5-8-14(15)18-16(20)17-13(11-19)10-12-6-3-2-4-7-12/h2-4,6-7,13-15,19H,5,8-11H2,1H3,(H2,17,18,20)/t13-,14-,15-/m0/s1. The predicted molar refractivity (Wildman–Crippen MR) is 81.1 cm³/mol. The summed E-state index contributed by atoms with van der Waals surface area (Å²) in [4.78, 5) is 12.0. The molecule has 0 aliphatic heterocycles. The van der Waals surface area contributed by atoms with E-state index >= 15 is 0 Å². The Morgan fingerprint density at radius 3 is 2.81 bits per heavy atom. The molecule has 0 saturated heterocycles. The van der Waals surface area contributed by atoms with E-state index in [1.54, 1.807) is 7.11 Å². The van der Waals surface area contributed by atoms with Crippen molar-refractivity contribution in [3.8, 4) is 0 Å². The number of hydrogen-bond acceptors (Lipinski definition) is 3. The van der Waals surface area contributed by atoms with Crippen LogP contribution in [0.4, 0.5) is 4.79 Å². The Morgan fingerprint density at radius 1 is 1.38 bits per heavy atom. The average molecular weight is 292 g/mol. The summed E-state index contributed by atoms with van der Waals surface area (Å²) in [5.41, 5.74) is 1.09. The monoisotopic (exact) mass is 292 g/mol. The maximum atomic E-state index is 12.0. The van der Waals surface area contributed by atoms with E-state index in [0.29, 0.717) is 6.42 Å². The van der Waals surface area contributed by atoms with Crippen molar-refractivity contribution in [2.24, 2.45) is 0 Å². The summed E-state index contributed by atoms with van der Waals surface area (Å²) >= 11 is 0. The highest BCUT2D eigenvalue weighted by Gasteiger charge is 2.28. The number of benzene rings is 1. The number of methoxy groups -OCH3 is 1. The minimum absolute atomic E-state index is 0.0612. The number of nitrogens with one attached hydrogen (secondary N) is 2. The lowest BCUT2D eigenvalue weighted by Gasteiger charge is -2.22. The van der Waals surface area contributed by atoms with E-state index in [1.165, 1.54) is 0 Å². The Morgan fingerprint density at radius 2 is 2.14 bits per heavy atom. The fraction of sp³-hybridized carbons (Fsp3) is 0.562. The van der Waals surface area contributed by atoms with Crippen LogP contribution in [0.2, 0.25) is 0 Å². The quantitative estimate of drug-likeness (QED) is 0.743. The van der Waals surface area contributed by atoms with Crippen LogP contribution in [0.1, 0.15) is 24.8 Å². The number of aliphatic hydroxyl groups is 1. The molecule has 1 aliphatic rings. The summed E-state index contributed by atoms with van der Waals surface area (Å²) in [6.07, 6.45) is 3.70. The highest BCUT2D eigenvalue weighted by atomic mass is 16.5. The van der Waals surface area contributed by atoms with E-state index in [-0.39, 0.29) is 30.8 Å². The Hall–Kier alpha value is -1.59. The largest absolute Gasteiger partial charge is 0.394 e. The van der Waals surface area contributed by atoms with Crippen molar-refractivity contribution in [1.82, 2.24) is 10.6 Å². The molecule has 2 rings (SSSR count). The lowest BCUT2D eigenvalue weighted by molar-refractivity contribution is 0.0871. The van der Waals surface area contributed by atoms with Crippen LogP contribution in [0.15, 0.2) is 30.3 Å². The second-order valence-electron chi connectivity index (χ2n) is 5.50. The third kappa shape index (κ3) is 4.72. The van der Waals surface area contributed by atoms with Crippen molar-refractivity contribution in [1.29, 1.82) is 0 Å². The first kappa shape index (κ1) is 15.8. The zero-order chi connectivity index (χ0) is 15.1. The highest BCUT2D eigenvalue weighted by Crippen LogP contribution is 2.21. The number of carbonyl (C=O) groups excluding carboxylic acids is 1. The molecule has 2 amide bonds. The van der Waals surface area contributed by atoms with Crippen molar-refractivity contribution in [2.75, 3.05) is 13.7 Å². The molecule has 5 nitrogen and oxygen atoms in total. The number of carbonyl (C=O) groups is 1. The Balaban J connectivity index is 1.82. The molecule has 0 bridgehead atoms. The number of rotatable bonds is 6. The Labute approximate surface area is 125 Å². The Bertz CT molecular complexity index is 438. The van der Waals surface area contributed by atoms with Gasteiger partial charge in [-0.3, -0.25) is 0 Å². The molecule has 116 valence electrons. The molecular formula is C16H24N2O3. The molecule has 21 heavy (non-hydrogen) atoms. The van der Waals surface area contributed by atoms with Crippen molar-refractivity contribution in [2.45, 2.75) is 43.9 Å². The fourth-order valence-corrected chi connectivity index (χ4v) is 2.83. The van der Waals surface area contributed by atoms with E-state index < -0.39 is 0 Å². The molecule has 5 heteroatoms. The first-order valence-corrected chi connectivity index (χ1v) is 7.47. The first-order valence-electron chi connectivity index (χ1n) is 7.47. The summed E-state index contributed by atoms with van der Waals surface area (Å²) < 4.78 is 5.36. The molecule has 0 aromatic heterocycles. The molecule has 1 saturated carbocycles. The van der Waals surface area contributed by atoms with Crippen molar-refractivity contribution in [3.63, 3.8) is 0 Å². The maximum Gasteiger partial charge on any atom is 0.315 e. The summed E-state index contributed by atoms with van der Waals surface area (Å²) in [6, 6.07) is 9.36. The van der Waals surface area contributed by atoms with Crippen molar-refractivity contribution >= 4 is 6.03 Å². The van der Waals surface area contributed by atoms with Gasteiger partial charge in [0, 0.05) is 7.11 Å². The lowest BCUT2D eigenvalue weighted by atomic mass is 10.1. The third-order valence-corrected chi connectivity index (χ3v) is 3.95. The van der Waals surface area contributed by atoms with Crippen LogP contribution in [0.5, 0.6) is 0 Å². The van der Waals surface area contributed by atoms with Gasteiger partial charge < -0.3 is 20.5 Å². The van der Waals surface area contributed by atoms with Gasteiger partial charge in [0.1, 0.15) is 0 Å². The number of aliphatic hydroxyl groups excluding tert-OH is 1. The topological polar surface area (TPSA) is 70.6 Å². The summed E-state index contributed by atoms with van der Waals surface area (Å²) in [5, 5.41) is 15.2. The average Bonchev–Trinajstić information content (AvgIpc) is 2.94. The van der Waals surface area contributed by atoms with Gasteiger partial charge in [-0.1, -0.05) is 30.3 Å². The van der Waals surface area contributed by atoms with E-state index in [9.17, 15) is 9.90 Å². The molecular weight excluding hydrogens is 268 g/mol. The predicted octanol–water partition coefficient (Wildman–Crippen LogP) is 1.46. The van der Waals surface area contributed by atoms with Crippen LogP contribution in [0, 0.1) is 0 Å². The minimum Gasteiger partial charge on any atom is -0.394 e. The molecule has 1 aliphatic carbocycles. The molecule has 0 unspecified atom stereocenters. The number of urea groups is 1. The van der Waals surface area contributed by atoms with Gasteiger partial charge in [0.2, 0.25) is 0 Å². The number of amides is 2. The van der Waals surface area contributed by atoms with Crippen LogP contribution in [0.3, 0.4) is 0 Å². The van der Waals surface area contributed by atoms with E-state index in [2.05, 4.69) is 10.6 Å². The second kappa shape index (κ2) is 8.00. The SMILES string of the molecule is CO[C@H]1CCC[C@@H]1NC(=O)N[C@H](CO)Cc1ccccc1. The van der Waals surface area contributed by atoms with Gasteiger partial charge in [0.25, 0.3) is 0 Å². The lowest BCUT2D eigenvalue weighted by Crippen LogP contribution is -2.50. The number of ether oxygens (including phenoxy) is 1. The maximum absolute atomic E-state index is 12.0. The summed E-state index contributed by atoms with van der Waals surface area (Å²) in [6.45, 7) is -0.0827. The summed E-state index contributed by atoms with van der Waals surface area (Å²) in [5.74, 6) is 0. The molecule has 1 aromatic carbocycles.